The Morgan fingerprint density at radius 2 is 2.00 bits per heavy atom. The van der Waals surface area contributed by atoms with Crippen LogP contribution in [0.4, 0.5) is 5.69 Å². The van der Waals surface area contributed by atoms with E-state index < -0.39 is 0 Å². The summed E-state index contributed by atoms with van der Waals surface area (Å²) < 4.78 is 1.64. The van der Waals surface area contributed by atoms with Crippen LogP contribution in [0.15, 0.2) is 36.5 Å². The Morgan fingerprint density at radius 1 is 1.33 bits per heavy atom. The Bertz CT molecular complexity index is 542. The molecule has 4 heteroatoms. The van der Waals surface area contributed by atoms with E-state index in [1.54, 1.807) is 24.0 Å². The molecule has 0 radical (unpaired) electrons. The second-order valence-electron chi connectivity index (χ2n) is 4.57. The fraction of sp³-hybridized carbons (Fsp3) is 0.286. The second-order valence-corrected chi connectivity index (χ2v) is 4.57. The van der Waals surface area contributed by atoms with Crippen LogP contribution in [-0.4, -0.2) is 15.6 Å². The Morgan fingerprint density at radius 3 is 2.56 bits per heavy atom. The summed E-state index contributed by atoms with van der Waals surface area (Å²) in [6.45, 7) is 2.03. The minimum atomic E-state index is 0.0694. The van der Waals surface area contributed by atoms with Crippen LogP contribution < -0.4 is 5.73 Å². The largest absolute Gasteiger partial charge is 0.399 e. The van der Waals surface area contributed by atoms with E-state index in [9.17, 15) is 4.79 Å². The molecule has 2 aromatic rings. The van der Waals surface area contributed by atoms with Gasteiger partial charge in [0.25, 0.3) is 0 Å². The molecule has 1 aromatic heterocycles. The number of Topliss-reactive ketones (excluding diaryl/α,β-unsaturated/α-hetero) is 1. The highest BCUT2D eigenvalue weighted by Gasteiger charge is 2.14. The Labute approximate surface area is 106 Å². The molecule has 0 spiro atoms. The lowest BCUT2D eigenvalue weighted by Gasteiger charge is -2.10. The average Bonchev–Trinajstić information content (AvgIpc) is 2.76. The van der Waals surface area contributed by atoms with Gasteiger partial charge in [0.15, 0.2) is 5.78 Å². The number of carbonyl (C=O) groups is 1. The minimum Gasteiger partial charge on any atom is -0.399 e. The topological polar surface area (TPSA) is 60.9 Å². The Hall–Kier alpha value is -2.10. The maximum Gasteiger partial charge on any atom is 0.183 e. The summed E-state index contributed by atoms with van der Waals surface area (Å²) in [6.07, 6.45) is 2.24. The molecule has 2 N–H and O–H groups in total. The van der Waals surface area contributed by atoms with Crippen LogP contribution >= 0.6 is 0 Å². The van der Waals surface area contributed by atoms with E-state index in [4.69, 9.17) is 5.73 Å². The van der Waals surface area contributed by atoms with Gasteiger partial charge >= 0.3 is 0 Å². The number of nitrogens with two attached hydrogens (primary N) is 1. The molecule has 0 aliphatic carbocycles. The van der Waals surface area contributed by atoms with Crippen molar-refractivity contribution >= 4 is 11.5 Å². The van der Waals surface area contributed by atoms with E-state index in [2.05, 4.69) is 5.10 Å². The number of carbonyl (C=O) groups excluding carboxylic acids is 1. The van der Waals surface area contributed by atoms with E-state index >= 15 is 0 Å². The van der Waals surface area contributed by atoms with Gasteiger partial charge in [-0.15, -0.1) is 0 Å². The quantitative estimate of drug-likeness (QED) is 0.662. The minimum absolute atomic E-state index is 0.0694. The summed E-state index contributed by atoms with van der Waals surface area (Å²) in [7, 11) is 1.81. The maximum absolute atomic E-state index is 12.0. The zero-order chi connectivity index (χ0) is 13.1. The monoisotopic (exact) mass is 243 g/mol. The molecule has 1 atom stereocenters. The van der Waals surface area contributed by atoms with Crippen LogP contribution in [0.2, 0.25) is 0 Å². The van der Waals surface area contributed by atoms with Crippen molar-refractivity contribution in [1.29, 1.82) is 0 Å². The summed E-state index contributed by atoms with van der Waals surface area (Å²) in [4.78, 5) is 12.0. The summed E-state index contributed by atoms with van der Waals surface area (Å²) in [5.74, 6) is 0.236. The van der Waals surface area contributed by atoms with Crippen molar-refractivity contribution in [2.24, 2.45) is 7.05 Å². The van der Waals surface area contributed by atoms with E-state index in [-0.39, 0.29) is 11.7 Å². The van der Waals surface area contributed by atoms with Gasteiger partial charge < -0.3 is 5.73 Å². The number of aromatic nitrogens is 2. The van der Waals surface area contributed by atoms with Crippen molar-refractivity contribution in [1.82, 2.24) is 9.78 Å². The number of hydrogen-bond donors (Lipinski definition) is 1. The van der Waals surface area contributed by atoms with Crippen molar-refractivity contribution in [3.8, 4) is 0 Å². The zero-order valence-corrected chi connectivity index (χ0v) is 10.6. The Balaban J connectivity index is 2.05. The third-order valence-corrected chi connectivity index (χ3v) is 3.00. The van der Waals surface area contributed by atoms with E-state index in [1.165, 1.54) is 0 Å². The van der Waals surface area contributed by atoms with Crippen molar-refractivity contribution in [3.05, 3.63) is 47.8 Å². The number of hydrogen-bond acceptors (Lipinski definition) is 3. The summed E-state index contributed by atoms with van der Waals surface area (Å²) >= 11 is 0. The lowest BCUT2D eigenvalue weighted by Crippen LogP contribution is -2.06. The fourth-order valence-corrected chi connectivity index (χ4v) is 1.89. The first-order valence-corrected chi connectivity index (χ1v) is 5.94. The van der Waals surface area contributed by atoms with Gasteiger partial charge in [-0.05, 0) is 29.7 Å². The van der Waals surface area contributed by atoms with Crippen LogP contribution in [0.25, 0.3) is 0 Å². The van der Waals surface area contributed by atoms with Gasteiger partial charge in [0.2, 0.25) is 0 Å². The first-order chi connectivity index (χ1) is 8.56. The molecule has 0 amide bonds. The smallest absolute Gasteiger partial charge is 0.183 e. The van der Waals surface area contributed by atoms with Gasteiger partial charge in [0.05, 0.1) is 0 Å². The molecule has 0 saturated heterocycles. The highest BCUT2D eigenvalue weighted by molar-refractivity contribution is 5.94. The standard InChI is InChI=1S/C14H17N3O/c1-10(11-3-5-12(15)6-4-11)9-14(18)13-7-8-17(2)16-13/h3-8,10H,9,15H2,1-2H3. The summed E-state index contributed by atoms with van der Waals surface area (Å²) in [5.41, 5.74) is 8.03. The highest BCUT2D eigenvalue weighted by atomic mass is 16.1. The molecule has 18 heavy (non-hydrogen) atoms. The van der Waals surface area contributed by atoms with Crippen molar-refractivity contribution in [2.45, 2.75) is 19.3 Å². The van der Waals surface area contributed by atoms with Crippen LogP contribution in [0.5, 0.6) is 0 Å². The van der Waals surface area contributed by atoms with Gasteiger partial charge in [-0.2, -0.15) is 5.10 Å². The molecule has 94 valence electrons. The molecule has 1 aromatic carbocycles. The molecule has 0 fully saturated rings. The van der Waals surface area contributed by atoms with Gasteiger partial charge in [-0.1, -0.05) is 19.1 Å². The van der Waals surface area contributed by atoms with Gasteiger partial charge in [0.1, 0.15) is 5.69 Å². The lowest BCUT2D eigenvalue weighted by molar-refractivity contribution is 0.0970. The summed E-state index contributed by atoms with van der Waals surface area (Å²) in [5, 5.41) is 4.12. The molecule has 4 nitrogen and oxygen atoms in total. The van der Waals surface area contributed by atoms with E-state index in [1.807, 2.05) is 31.2 Å². The van der Waals surface area contributed by atoms with Crippen molar-refractivity contribution < 1.29 is 4.79 Å². The Kier molecular flexibility index (Phi) is 3.46. The number of aryl methyl sites for hydroxylation is 1. The first-order valence-electron chi connectivity index (χ1n) is 5.94. The van der Waals surface area contributed by atoms with Crippen LogP contribution in [0.1, 0.15) is 35.3 Å². The van der Waals surface area contributed by atoms with Crippen molar-refractivity contribution in [2.75, 3.05) is 5.73 Å². The predicted octanol–water partition coefficient (Wildman–Crippen LogP) is 2.38. The number of nitrogen functional groups attached to an aromatic ring is 1. The van der Waals surface area contributed by atoms with Gasteiger partial charge in [-0.3, -0.25) is 9.48 Å². The molecule has 2 rings (SSSR count). The number of anilines is 1. The fourth-order valence-electron chi connectivity index (χ4n) is 1.89. The average molecular weight is 243 g/mol. The maximum atomic E-state index is 12.0. The van der Waals surface area contributed by atoms with Crippen LogP contribution in [0.3, 0.4) is 0 Å². The normalized spacial score (nSPS) is 12.3. The highest BCUT2D eigenvalue weighted by Crippen LogP contribution is 2.21. The molecule has 0 bridgehead atoms. The second kappa shape index (κ2) is 5.04. The zero-order valence-electron chi connectivity index (χ0n) is 10.6. The van der Waals surface area contributed by atoms with Gasteiger partial charge in [-0.25, -0.2) is 0 Å². The van der Waals surface area contributed by atoms with E-state index in [0.29, 0.717) is 12.1 Å². The third kappa shape index (κ3) is 2.77. The SMILES string of the molecule is CC(CC(=O)c1ccn(C)n1)c1ccc(N)cc1. The van der Waals surface area contributed by atoms with Crippen LogP contribution in [0, 0.1) is 0 Å². The molecule has 1 heterocycles. The molecule has 0 saturated carbocycles. The number of benzene rings is 1. The number of ketones is 1. The molecular weight excluding hydrogens is 226 g/mol. The van der Waals surface area contributed by atoms with Crippen LogP contribution in [-0.2, 0) is 7.05 Å². The molecule has 1 unspecified atom stereocenters. The molecular formula is C14H17N3O. The number of nitrogens with zero attached hydrogens (tertiary/aromatic N) is 2. The molecule has 0 aliphatic rings. The summed E-state index contributed by atoms with van der Waals surface area (Å²) in [6, 6.07) is 9.39. The van der Waals surface area contributed by atoms with E-state index in [0.717, 1.165) is 11.3 Å². The first kappa shape index (κ1) is 12.4. The lowest BCUT2D eigenvalue weighted by atomic mass is 9.95. The molecule has 0 aliphatic heterocycles. The third-order valence-electron chi connectivity index (χ3n) is 3.00. The number of rotatable bonds is 4. The predicted molar refractivity (Wildman–Crippen MR) is 71.4 cm³/mol. The van der Waals surface area contributed by atoms with Gasteiger partial charge in [0, 0.05) is 25.4 Å². The van der Waals surface area contributed by atoms with Crippen molar-refractivity contribution in [3.63, 3.8) is 0 Å².